The molecule has 1 aromatic carbocycles. The first-order valence-electron chi connectivity index (χ1n) is 8.83. The lowest BCUT2D eigenvalue weighted by Crippen LogP contribution is -2.44. The fraction of sp³-hybridized carbons (Fsp3) is 0.300. The molecule has 2 aromatic rings. The van der Waals surface area contributed by atoms with E-state index in [1.54, 1.807) is 6.21 Å². The molecule has 0 fully saturated rings. The van der Waals surface area contributed by atoms with E-state index >= 15 is 0 Å². The van der Waals surface area contributed by atoms with Crippen LogP contribution in [0.1, 0.15) is 38.8 Å². The smallest absolute Gasteiger partial charge is 0.313 e. The molecule has 7 nitrogen and oxygen atoms in total. The molecule has 0 radical (unpaired) electrons. The molecule has 0 atom stereocenters. The van der Waals surface area contributed by atoms with E-state index in [2.05, 4.69) is 66.3 Å². The number of allylic oxidation sites excluding steroid dienone is 1. The van der Waals surface area contributed by atoms with Crippen LogP contribution >= 0.6 is 0 Å². The Balaban J connectivity index is 1.85. The lowest BCUT2D eigenvalue weighted by molar-refractivity contribution is -0.384. The third kappa shape index (κ3) is 3.67. The number of pyridine rings is 1. The minimum absolute atomic E-state index is 0.0269. The van der Waals surface area contributed by atoms with Gasteiger partial charge >= 0.3 is 5.69 Å². The van der Waals surface area contributed by atoms with E-state index in [4.69, 9.17) is 0 Å². The molecule has 0 amide bonds. The summed E-state index contributed by atoms with van der Waals surface area (Å²) < 4.78 is 0. The van der Waals surface area contributed by atoms with Crippen molar-refractivity contribution < 1.29 is 4.92 Å². The highest BCUT2D eigenvalue weighted by Crippen LogP contribution is 2.38. The van der Waals surface area contributed by atoms with Crippen LogP contribution in [-0.4, -0.2) is 28.2 Å². The minimum Gasteiger partial charge on any atom is -0.363 e. The Morgan fingerprint density at radius 3 is 2.85 bits per heavy atom. The molecule has 0 bridgehead atoms. The van der Waals surface area contributed by atoms with Crippen molar-refractivity contribution in [3.8, 4) is 0 Å². The van der Waals surface area contributed by atoms with Gasteiger partial charge in [0.2, 0.25) is 5.82 Å². The van der Waals surface area contributed by atoms with Gasteiger partial charge in [0.25, 0.3) is 0 Å². The summed E-state index contributed by atoms with van der Waals surface area (Å²) in [6.07, 6.45) is 5.40. The average Bonchev–Trinajstić information content (AvgIpc) is 2.62. The van der Waals surface area contributed by atoms with Crippen molar-refractivity contribution in [1.29, 1.82) is 0 Å². The van der Waals surface area contributed by atoms with Crippen molar-refractivity contribution in [2.75, 3.05) is 16.9 Å². The normalized spacial score (nSPS) is 15.4. The third-order valence-electron chi connectivity index (χ3n) is 4.69. The van der Waals surface area contributed by atoms with Crippen LogP contribution in [0.25, 0.3) is 5.57 Å². The molecule has 1 aromatic heterocycles. The predicted molar refractivity (Wildman–Crippen MR) is 109 cm³/mol. The van der Waals surface area contributed by atoms with Crippen LogP contribution in [0.2, 0.25) is 0 Å². The van der Waals surface area contributed by atoms with E-state index in [0.29, 0.717) is 0 Å². The first kappa shape index (κ1) is 18.6. The van der Waals surface area contributed by atoms with Gasteiger partial charge in [-0.2, -0.15) is 5.10 Å². The number of hydrogen-bond donors (Lipinski definition) is 1. The largest absolute Gasteiger partial charge is 0.363 e. The van der Waals surface area contributed by atoms with Crippen LogP contribution in [-0.2, 0) is 0 Å². The molecular weight excluding hydrogens is 342 g/mol. The number of hydrogen-bond acceptors (Lipinski definition) is 6. The van der Waals surface area contributed by atoms with Crippen LogP contribution in [0.5, 0.6) is 0 Å². The average molecular weight is 365 g/mol. The maximum absolute atomic E-state index is 11.0. The Morgan fingerprint density at radius 1 is 1.37 bits per heavy atom. The predicted octanol–water partition coefficient (Wildman–Crippen LogP) is 4.46. The zero-order chi connectivity index (χ0) is 19.6. The van der Waals surface area contributed by atoms with E-state index in [-0.39, 0.29) is 17.0 Å². The van der Waals surface area contributed by atoms with E-state index in [9.17, 15) is 10.1 Å². The van der Waals surface area contributed by atoms with Gasteiger partial charge in [-0.25, -0.2) is 4.98 Å². The van der Waals surface area contributed by atoms with Gasteiger partial charge in [-0.05, 0) is 57.0 Å². The van der Waals surface area contributed by atoms with Gasteiger partial charge in [0.15, 0.2) is 0 Å². The fourth-order valence-corrected chi connectivity index (χ4v) is 3.56. The van der Waals surface area contributed by atoms with E-state index in [0.717, 1.165) is 12.1 Å². The van der Waals surface area contributed by atoms with E-state index in [1.165, 1.54) is 35.2 Å². The SMILES string of the molecule is CCN1c2ccc(/C=N\Nc3ncccc3[N+](=O)[O-])cc2C(C)=CC1(C)C. The maximum Gasteiger partial charge on any atom is 0.313 e. The molecule has 0 spiro atoms. The molecule has 0 saturated carbocycles. The molecule has 27 heavy (non-hydrogen) atoms. The summed E-state index contributed by atoms with van der Waals surface area (Å²) in [4.78, 5) is 16.9. The number of benzene rings is 1. The molecule has 0 unspecified atom stereocenters. The molecule has 1 N–H and O–H groups in total. The number of fused-ring (bicyclic) bond motifs is 1. The number of likely N-dealkylation sites (N-methyl/N-ethyl adjacent to an activating group) is 1. The summed E-state index contributed by atoms with van der Waals surface area (Å²) in [5.41, 5.74) is 7.02. The third-order valence-corrected chi connectivity index (χ3v) is 4.69. The fourth-order valence-electron chi connectivity index (χ4n) is 3.56. The summed E-state index contributed by atoms with van der Waals surface area (Å²) in [6, 6.07) is 9.08. The summed E-state index contributed by atoms with van der Waals surface area (Å²) in [5, 5.41) is 15.1. The molecule has 1 aliphatic rings. The molecule has 0 saturated heterocycles. The van der Waals surface area contributed by atoms with Crippen LogP contribution in [0.15, 0.2) is 47.7 Å². The Kier molecular flexibility index (Phi) is 4.94. The van der Waals surface area contributed by atoms with Gasteiger partial charge in [0.1, 0.15) is 0 Å². The molecular formula is C20H23N5O2. The maximum atomic E-state index is 11.0. The second kappa shape index (κ2) is 7.19. The molecule has 1 aliphatic heterocycles. The van der Waals surface area contributed by atoms with Crippen LogP contribution < -0.4 is 10.3 Å². The highest BCUT2D eigenvalue weighted by Gasteiger charge is 2.29. The summed E-state index contributed by atoms with van der Waals surface area (Å²) >= 11 is 0. The topological polar surface area (TPSA) is 83.7 Å². The monoisotopic (exact) mass is 365 g/mol. The number of hydrazone groups is 1. The molecule has 3 rings (SSSR count). The Labute approximate surface area is 158 Å². The standard InChI is InChI=1S/C20H23N5O2/c1-5-24-17-9-8-15(11-16(17)14(2)12-20(24,3)4)13-22-23-19-18(25(26)27)7-6-10-21-19/h6-13H,5H2,1-4H3,(H,21,23)/b22-13-. The second-order valence-corrected chi connectivity index (χ2v) is 7.00. The Bertz CT molecular complexity index is 934. The van der Waals surface area contributed by atoms with Gasteiger partial charge in [0, 0.05) is 30.1 Å². The van der Waals surface area contributed by atoms with Crippen molar-refractivity contribution in [3.05, 3.63) is 63.8 Å². The number of nitro groups is 1. The number of aromatic nitrogens is 1. The van der Waals surface area contributed by atoms with Crippen LogP contribution in [0.4, 0.5) is 17.2 Å². The van der Waals surface area contributed by atoms with Gasteiger partial charge in [0.05, 0.1) is 16.7 Å². The minimum atomic E-state index is -0.487. The first-order chi connectivity index (χ1) is 12.8. The Morgan fingerprint density at radius 2 is 2.15 bits per heavy atom. The molecule has 140 valence electrons. The van der Waals surface area contributed by atoms with Crippen LogP contribution in [0.3, 0.4) is 0 Å². The second-order valence-electron chi connectivity index (χ2n) is 7.00. The summed E-state index contributed by atoms with van der Waals surface area (Å²) in [7, 11) is 0. The molecule has 0 aliphatic carbocycles. The van der Waals surface area contributed by atoms with Gasteiger partial charge in [-0.1, -0.05) is 12.1 Å². The van der Waals surface area contributed by atoms with Crippen LogP contribution in [0, 0.1) is 10.1 Å². The highest BCUT2D eigenvalue weighted by atomic mass is 16.6. The number of nitrogens with zero attached hydrogens (tertiary/aromatic N) is 4. The van der Waals surface area contributed by atoms with Gasteiger partial charge in [-0.3, -0.25) is 15.5 Å². The summed E-state index contributed by atoms with van der Waals surface area (Å²) in [6.45, 7) is 9.61. The van der Waals surface area contributed by atoms with Gasteiger partial charge in [-0.15, -0.1) is 0 Å². The van der Waals surface area contributed by atoms with Crippen molar-refractivity contribution in [1.82, 2.24) is 4.98 Å². The number of nitrogens with one attached hydrogen (secondary N) is 1. The lowest BCUT2D eigenvalue weighted by Gasteiger charge is -2.42. The highest BCUT2D eigenvalue weighted by molar-refractivity contribution is 5.88. The molecule has 2 heterocycles. The zero-order valence-corrected chi connectivity index (χ0v) is 15.9. The number of anilines is 2. The van der Waals surface area contributed by atoms with E-state index < -0.39 is 4.92 Å². The van der Waals surface area contributed by atoms with E-state index in [1.807, 2.05) is 6.07 Å². The molecule has 7 heteroatoms. The summed E-state index contributed by atoms with van der Waals surface area (Å²) in [5.74, 6) is 0.117. The van der Waals surface area contributed by atoms with Crippen molar-refractivity contribution >= 4 is 29.0 Å². The lowest BCUT2D eigenvalue weighted by atomic mass is 9.88. The quantitative estimate of drug-likeness (QED) is 0.480. The van der Waals surface area contributed by atoms with Crippen molar-refractivity contribution in [3.63, 3.8) is 0 Å². The van der Waals surface area contributed by atoms with Crippen molar-refractivity contribution in [2.24, 2.45) is 5.10 Å². The van der Waals surface area contributed by atoms with Gasteiger partial charge < -0.3 is 4.90 Å². The Hall–Kier alpha value is -3.22. The first-order valence-corrected chi connectivity index (χ1v) is 8.83. The number of rotatable bonds is 5. The zero-order valence-electron chi connectivity index (χ0n) is 15.9. The van der Waals surface area contributed by atoms with Crippen molar-refractivity contribution in [2.45, 2.75) is 33.2 Å².